The van der Waals surface area contributed by atoms with Crippen LogP contribution in [0.15, 0.2) is 24.3 Å². The lowest BCUT2D eigenvalue weighted by atomic mass is 9.60. The van der Waals surface area contributed by atoms with Crippen molar-refractivity contribution in [3.8, 4) is 6.07 Å². The van der Waals surface area contributed by atoms with Gasteiger partial charge in [-0.2, -0.15) is 23.5 Å². The van der Waals surface area contributed by atoms with Crippen LogP contribution in [-0.2, 0) is 21.1 Å². The van der Waals surface area contributed by atoms with Crippen molar-refractivity contribution in [1.82, 2.24) is 20.4 Å². The molecule has 0 radical (unpaired) electrons. The third-order valence-electron chi connectivity index (χ3n) is 8.75. The van der Waals surface area contributed by atoms with Crippen molar-refractivity contribution < 1.29 is 32.3 Å². The van der Waals surface area contributed by atoms with Crippen LogP contribution < -0.4 is 15.5 Å². The second-order valence-electron chi connectivity index (χ2n) is 11.0. The average molecular weight is 587 g/mol. The van der Waals surface area contributed by atoms with Gasteiger partial charge in [0.2, 0.25) is 0 Å². The molecular weight excluding hydrogens is 553 g/mol. The Balaban J connectivity index is 1.73. The number of nitriles is 1. The van der Waals surface area contributed by atoms with Gasteiger partial charge < -0.3 is 15.4 Å². The molecule has 0 bridgehead atoms. The molecule has 5 rings (SSSR count). The first-order valence-electron chi connectivity index (χ1n) is 14.1. The van der Waals surface area contributed by atoms with Gasteiger partial charge >= 0.3 is 6.18 Å². The molecule has 0 spiro atoms. The Morgan fingerprint density at radius 3 is 2.48 bits per heavy atom. The summed E-state index contributed by atoms with van der Waals surface area (Å²) < 4.78 is 47.5. The maximum absolute atomic E-state index is 14.4. The fraction of sp³-hybridized carbons (Fsp3) is 0.552. The molecule has 2 aromatic rings. The summed E-state index contributed by atoms with van der Waals surface area (Å²) in [4.78, 5) is 42.8. The van der Waals surface area contributed by atoms with E-state index < -0.39 is 46.8 Å². The summed E-state index contributed by atoms with van der Waals surface area (Å²) in [6.45, 7) is 4.54. The monoisotopic (exact) mass is 586 g/mol. The number of carbonyl (C=O) groups excluding carboxylic acids is 3. The predicted octanol–water partition coefficient (Wildman–Crippen LogP) is 3.59. The van der Waals surface area contributed by atoms with E-state index >= 15 is 0 Å². The van der Waals surface area contributed by atoms with E-state index in [4.69, 9.17) is 9.84 Å². The molecule has 42 heavy (non-hydrogen) atoms. The maximum Gasteiger partial charge on any atom is 0.416 e. The molecule has 3 aliphatic rings. The molecule has 10 nitrogen and oxygen atoms in total. The molecule has 3 atom stereocenters. The van der Waals surface area contributed by atoms with Crippen molar-refractivity contribution in [3.63, 3.8) is 0 Å². The van der Waals surface area contributed by atoms with Gasteiger partial charge in [0.15, 0.2) is 5.69 Å². The summed E-state index contributed by atoms with van der Waals surface area (Å²) in [6, 6.07) is 4.75. The number of hydrogen-bond donors (Lipinski definition) is 2. The van der Waals surface area contributed by atoms with Crippen LogP contribution in [0.25, 0.3) is 0 Å². The van der Waals surface area contributed by atoms with Gasteiger partial charge in [-0.05, 0) is 63.6 Å². The van der Waals surface area contributed by atoms with Crippen molar-refractivity contribution >= 4 is 23.5 Å². The first-order chi connectivity index (χ1) is 20.0. The number of ether oxygens (including phenoxy) is 1. The van der Waals surface area contributed by atoms with Crippen LogP contribution in [0, 0.1) is 23.2 Å². The van der Waals surface area contributed by atoms with Crippen LogP contribution in [0.2, 0.25) is 0 Å². The SMILES string of the molecule is CCN1C(=O)C(NC(=O)c2cccc(C(F)(F)F)c2)C(C2CC2)([C@H](C)C#N)c2c(C(=O)NC)nn(C3CCOCC3)c21. The number of aromatic nitrogens is 2. The summed E-state index contributed by atoms with van der Waals surface area (Å²) in [5.74, 6) is -2.58. The highest BCUT2D eigenvalue weighted by Gasteiger charge is 2.64. The van der Waals surface area contributed by atoms with Crippen LogP contribution in [0.1, 0.15) is 77.5 Å². The largest absolute Gasteiger partial charge is 0.416 e. The topological polar surface area (TPSA) is 129 Å². The lowest BCUT2D eigenvalue weighted by Crippen LogP contribution is -2.66. The molecule has 3 heterocycles. The van der Waals surface area contributed by atoms with Gasteiger partial charge in [0.25, 0.3) is 17.7 Å². The summed E-state index contributed by atoms with van der Waals surface area (Å²) in [5.41, 5.74) is -2.14. The van der Waals surface area contributed by atoms with Crippen LogP contribution in [0.3, 0.4) is 0 Å². The second-order valence-corrected chi connectivity index (χ2v) is 11.0. The Labute approximate surface area is 241 Å². The number of nitrogens with one attached hydrogen (secondary N) is 2. The number of carbonyl (C=O) groups is 3. The van der Waals surface area contributed by atoms with Gasteiger partial charge in [0.1, 0.15) is 11.9 Å². The first-order valence-corrected chi connectivity index (χ1v) is 14.1. The van der Waals surface area contributed by atoms with Crippen molar-refractivity contribution in [3.05, 3.63) is 46.6 Å². The minimum Gasteiger partial charge on any atom is -0.381 e. The van der Waals surface area contributed by atoms with E-state index in [1.807, 2.05) is 0 Å². The molecule has 1 saturated carbocycles. The maximum atomic E-state index is 14.4. The van der Waals surface area contributed by atoms with E-state index in [-0.39, 0.29) is 29.8 Å². The molecule has 3 amide bonds. The van der Waals surface area contributed by atoms with E-state index in [2.05, 4.69) is 16.7 Å². The third kappa shape index (κ3) is 4.71. The molecule has 2 unspecified atom stereocenters. The first kappa shape index (κ1) is 29.6. The fourth-order valence-electron chi connectivity index (χ4n) is 6.62. The number of alkyl halides is 3. The Hall–Kier alpha value is -3.92. The summed E-state index contributed by atoms with van der Waals surface area (Å²) in [6.07, 6.45) is -2.19. The lowest BCUT2D eigenvalue weighted by molar-refractivity contribution is -0.137. The highest BCUT2D eigenvalue weighted by molar-refractivity contribution is 6.08. The quantitative estimate of drug-likeness (QED) is 0.510. The van der Waals surface area contributed by atoms with E-state index in [0.29, 0.717) is 50.3 Å². The molecule has 2 fully saturated rings. The number of nitrogens with zero attached hydrogens (tertiary/aromatic N) is 4. The number of benzene rings is 1. The Bertz CT molecular complexity index is 1440. The normalized spacial score (nSPS) is 23.6. The summed E-state index contributed by atoms with van der Waals surface area (Å²) in [5, 5.41) is 20.5. The number of anilines is 1. The molecule has 2 aliphatic heterocycles. The lowest BCUT2D eigenvalue weighted by Gasteiger charge is -2.49. The van der Waals surface area contributed by atoms with Crippen molar-refractivity contribution in [2.24, 2.45) is 11.8 Å². The van der Waals surface area contributed by atoms with Crippen molar-refractivity contribution in [1.29, 1.82) is 5.26 Å². The number of halogens is 3. The van der Waals surface area contributed by atoms with E-state index in [0.717, 1.165) is 18.2 Å². The van der Waals surface area contributed by atoms with Crippen LogP contribution in [-0.4, -0.2) is 60.4 Å². The molecule has 1 aromatic carbocycles. The summed E-state index contributed by atoms with van der Waals surface area (Å²) in [7, 11) is 1.47. The molecular formula is C29H33F3N6O4. The molecule has 1 saturated heterocycles. The van der Waals surface area contributed by atoms with Gasteiger partial charge in [0, 0.05) is 43.3 Å². The van der Waals surface area contributed by atoms with Gasteiger partial charge in [-0.3, -0.25) is 19.3 Å². The van der Waals surface area contributed by atoms with Gasteiger partial charge in [-0.1, -0.05) is 6.07 Å². The van der Waals surface area contributed by atoms with Gasteiger partial charge in [0.05, 0.1) is 23.6 Å². The summed E-state index contributed by atoms with van der Waals surface area (Å²) >= 11 is 0. The van der Waals surface area contributed by atoms with Crippen molar-refractivity contribution in [2.45, 2.75) is 63.2 Å². The van der Waals surface area contributed by atoms with Gasteiger partial charge in [-0.15, -0.1) is 0 Å². The minimum atomic E-state index is -4.67. The van der Waals surface area contributed by atoms with Crippen LogP contribution >= 0.6 is 0 Å². The minimum absolute atomic E-state index is 0.0669. The van der Waals surface area contributed by atoms with E-state index in [1.54, 1.807) is 18.5 Å². The molecule has 13 heteroatoms. The molecule has 224 valence electrons. The number of likely N-dealkylation sites (N-methyl/N-ethyl adjacent to an activating group) is 1. The second kappa shape index (κ2) is 11.1. The Kier molecular flexibility index (Phi) is 7.78. The van der Waals surface area contributed by atoms with E-state index in [1.165, 1.54) is 18.0 Å². The number of hydrogen-bond acceptors (Lipinski definition) is 6. The smallest absolute Gasteiger partial charge is 0.381 e. The number of amides is 3. The predicted molar refractivity (Wildman–Crippen MR) is 145 cm³/mol. The zero-order valence-corrected chi connectivity index (χ0v) is 23.6. The third-order valence-corrected chi connectivity index (χ3v) is 8.75. The van der Waals surface area contributed by atoms with Crippen LogP contribution in [0.4, 0.5) is 19.0 Å². The Morgan fingerprint density at radius 1 is 1.21 bits per heavy atom. The molecule has 1 aromatic heterocycles. The fourth-order valence-corrected chi connectivity index (χ4v) is 6.62. The highest BCUT2D eigenvalue weighted by atomic mass is 19.4. The van der Waals surface area contributed by atoms with E-state index in [9.17, 15) is 32.8 Å². The van der Waals surface area contributed by atoms with Crippen molar-refractivity contribution in [2.75, 3.05) is 31.7 Å². The van der Waals surface area contributed by atoms with Crippen LogP contribution in [0.5, 0.6) is 0 Å². The van der Waals surface area contributed by atoms with Gasteiger partial charge in [-0.25, -0.2) is 4.68 Å². The Morgan fingerprint density at radius 2 is 1.90 bits per heavy atom. The molecule has 2 N–H and O–H groups in total. The highest BCUT2D eigenvalue weighted by Crippen LogP contribution is 2.59. The molecule has 1 aliphatic carbocycles. The number of rotatable bonds is 7. The number of fused-ring (bicyclic) bond motifs is 1. The zero-order chi connectivity index (χ0) is 30.4. The zero-order valence-electron chi connectivity index (χ0n) is 23.6. The average Bonchev–Trinajstić information content (AvgIpc) is 3.77. The standard InChI is InChI=1S/C29H33F3N6O4/c1-4-37-26-21(22(25(40)34-3)36-38(26)20-10-12-42-13-11-20)28(16(2)15-33,18-8-9-18)23(27(37)41)35-24(39)17-6-5-7-19(14-17)29(30,31)32/h5-7,14,16,18,20,23H,4,8-13H2,1-3H3,(H,34,40)(H,35,39)/t16-,23?,28?/m1/s1.